The van der Waals surface area contributed by atoms with Crippen LogP contribution in [0.25, 0.3) is 0 Å². The van der Waals surface area contributed by atoms with E-state index in [1.165, 1.54) is 5.06 Å². The van der Waals surface area contributed by atoms with Crippen LogP contribution in [0.4, 0.5) is 4.79 Å². The van der Waals surface area contributed by atoms with Crippen molar-refractivity contribution in [2.45, 2.75) is 162 Å². The van der Waals surface area contributed by atoms with Crippen LogP contribution >= 0.6 is 0 Å². The monoisotopic (exact) mass is 718 g/mol. The summed E-state index contributed by atoms with van der Waals surface area (Å²) >= 11 is 0. The second-order valence-electron chi connectivity index (χ2n) is 18.5. The van der Waals surface area contributed by atoms with Gasteiger partial charge in [-0.3, -0.25) is 24.1 Å². The first-order chi connectivity index (χ1) is 23.2. The van der Waals surface area contributed by atoms with Crippen molar-refractivity contribution in [3.05, 3.63) is 12.2 Å². The van der Waals surface area contributed by atoms with Gasteiger partial charge in [-0.15, -0.1) is 0 Å². The Morgan fingerprint density at radius 3 is 2.08 bits per heavy atom. The molecule has 0 radical (unpaired) electrons. The molecule has 290 valence electrons. The number of ether oxygens (including phenoxy) is 1. The highest BCUT2D eigenvalue weighted by Gasteiger charge is 2.57. The predicted octanol–water partition coefficient (Wildman–Crippen LogP) is 4.38. The highest BCUT2D eigenvalue weighted by molar-refractivity contribution is 5.97. The molecule has 3 aliphatic heterocycles. The van der Waals surface area contributed by atoms with Crippen molar-refractivity contribution in [2.75, 3.05) is 19.6 Å². The molecule has 13 nitrogen and oxygen atoms in total. The molecule has 0 aromatic heterocycles. The van der Waals surface area contributed by atoms with Gasteiger partial charge >= 0.3 is 6.09 Å². The predicted molar refractivity (Wildman–Crippen MR) is 196 cm³/mol. The number of nitrogens with zero attached hydrogens (tertiary/aromatic N) is 3. The molecule has 4 N–H and O–H groups in total. The van der Waals surface area contributed by atoms with E-state index >= 15 is 0 Å². The summed E-state index contributed by atoms with van der Waals surface area (Å²) in [7, 11) is 0. The molecule has 3 atom stereocenters. The molecule has 51 heavy (non-hydrogen) atoms. The first-order valence-corrected chi connectivity index (χ1v) is 18.6. The van der Waals surface area contributed by atoms with Gasteiger partial charge in [-0.1, -0.05) is 39.8 Å². The molecule has 2 saturated heterocycles. The lowest BCUT2D eigenvalue weighted by atomic mass is 9.69. The largest absolute Gasteiger partial charge is 0.444 e. The Balaban J connectivity index is 2.19. The Kier molecular flexibility index (Phi) is 12.8. The average Bonchev–Trinajstić information content (AvgIpc) is 3.46. The van der Waals surface area contributed by atoms with Gasteiger partial charge in [0.25, 0.3) is 0 Å². The summed E-state index contributed by atoms with van der Waals surface area (Å²) < 4.78 is 5.85. The van der Waals surface area contributed by atoms with Crippen molar-refractivity contribution in [1.82, 2.24) is 30.8 Å². The number of nitrogens with one attached hydrogen (secondary N) is 3. The van der Waals surface area contributed by atoms with Crippen molar-refractivity contribution in [3.63, 3.8) is 0 Å². The second kappa shape index (κ2) is 15.4. The van der Waals surface area contributed by atoms with E-state index in [-0.39, 0.29) is 43.7 Å². The Bertz CT molecular complexity index is 1330. The standard InChI is InChI=1S/C38H66N6O7/c1-24(2)21-26-16-17-35(8,9)32(48)43-19-14-15-27(43)29(45)40-28(25(3)4)30(46)41-38(22-36(10,11)44(50)37(12,13)23-38)31(47)39-18-20-42(26)33(49)51-34(5,6)7/h16-17,24-28,50H,14-15,18-23H2,1-13H3,(H,39,47)(H,40,45)(H,41,46)/b17-16+/t26-,27-,28+/m1/s1. The molecule has 5 amide bonds. The fourth-order valence-corrected chi connectivity index (χ4v) is 7.95. The minimum Gasteiger partial charge on any atom is -0.444 e. The summed E-state index contributed by atoms with van der Waals surface area (Å²) in [4.78, 5) is 73.8. The Hall–Kier alpha value is -3.19. The molecule has 3 rings (SSSR count). The van der Waals surface area contributed by atoms with Gasteiger partial charge in [0.05, 0.1) is 11.5 Å². The lowest BCUT2D eigenvalue weighted by Crippen LogP contribution is -2.74. The van der Waals surface area contributed by atoms with Crippen LogP contribution in [0.1, 0.15) is 122 Å². The van der Waals surface area contributed by atoms with Crippen molar-refractivity contribution in [3.8, 4) is 0 Å². The maximum Gasteiger partial charge on any atom is 0.410 e. The van der Waals surface area contributed by atoms with E-state index in [4.69, 9.17) is 4.74 Å². The summed E-state index contributed by atoms with van der Waals surface area (Å²) in [5.74, 6) is -1.80. The number of piperidine rings is 1. The molecular weight excluding hydrogens is 652 g/mol. The van der Waals surface area contributed by atoms with E-state index in [0.29, 0.717) is 25.8 Å². The third kappa shape index (κ3) is 10.0. The average molecular weight is 719 g/mol. The van der Waals surface area contributed by atoms with Crippen LogP contribution in [0.15, 0.2) is 12.2 Å². The molecule has 0 aromatic rings. The summed E-state index contributed by atoms with van der Waals surface area (Å²) in [6.45, 7) is 24.5. The zero-order chi connectivity index (χ0) is 38.9. The Labute approximate surface area is 305 Å². The minimum absolute atomic E-state index is 0.0456. The molecule has 3 aliphatic rings. The summed E-state index contributed by atoms with van der Waals surface area (Å²) in [5.41, 5.74) is -5.12. The van der Waals surface area contributed by atoms with Crippen LogP contribution in [-0.4, -0.2) is 110 Å². The SMILES string of the molecule is CC(C)C[C@H]1/C=C/C(C)(C)C(=O)N2CCC[C@@H]2C(=O)N[C@@H](C(C)C)C(=O)NC2(CC(C)(C)N(O)C(C)(C)C2)C(=O)NCCN1C(=O)OC(C)(C)C. The zero-order valence-corrected chi connectivity index (χ0v) is 33.4. The van der Waals surface area contributed by atoms with Gasteiger partial charge in [-0.25, -0.2) is 4.79 Å². The van der Waals surface area contributed by atoms with E-state index in [1.807, 2.05) is 61.5 Å². The number of fused-ring (bicyclic) bond motifs is 1. The quantitative estimate of drug-likeness (QED) is 0.313. The van der Waals surface area contributed by atoms with E-state index < -0.39 is 69.6 Å². The second-order valence-corrected chi connectivity index (χ2v) is 18.5. The highest BCUT2D eigenvalue weighted by Crippen LogP contribution is 2.43. The van der Waals surface area contributed by atoms with Gasteiger partial charge in [0.2, 0.25) is 23.6 Å². The van der Waals surface area contributed by atoms with Crippen molar-refractivity contribution in [1.29, 1.82) is 0 Å². The normalized spacial score (nSPS) is 28.4. The molecule has 0 saturated carbocycles. The van der Waals surface area contributed by atoms with Gasteiger partial charge in [-0.05, 0) is 106 Å². The van der Waals surface area contributed by atoms with Crippen LogP contribution < -0.4 is 16.0 Å². The van der Waals surface area contributed by atoms with E-state index in [2.05, 4.69) is 16.0 Å². The van der Waals surface area contributed by atoms with Crippen LogP contribution in [0.5, 0.6) is 0 Å². The minimum atomic E-state index is -1.47. The van der Waals surface area contributed by atoms with Gasteiger partial charge in [-0.2, -0.15) is 5.06 Å². The lowest BCUT2D eigenvalue weighted by Gasteiger charge is -2.56. The summed E-state index contributed by atoms with van der Waals surface area (Å²) in [6, 6.07) is -2.24. The van der Waals surface area contributed by atoms with Crippen molar-refractivity contribution in [2.24, 2.45) is 17.3 Å². The van der Waals surface area contributed by atoms with Crippen LogP contribution in [0.2, 0.25) is 0 Å². The number of carbonyl (C=O) groups is 5. The van der Waals surface area contributed by atoms with Gasteiger partial charge < -0.3 is 30.8 Å². The van der Waals surface area contributed by atoms with E-state index in [1.54, 1.807) is 50.5 Å². The molecule has 3 heterocycles. The lowest BCUT2D eigenvalue weighted by molar-refractivity contribution is -0.254. The Morgan fingerprint density at radius 2 is 1.55 bits per heavy atom. The fraction of sp³-hybridized carbons (Fsp3) is 0.816. The number of amides is 5. The molecule has 0 bridgehead atoms. The van der Waals surface area contributed by atoms with E-state index in [9.17, 15) is 29.2 Å². The third-order valence-corrected chi connectivity index (χ3v) is 10.1. The molecular formula is C38H66N6O7. The maximum atomic E-state index is 14.5. The van der Waals surface area contributed by atoms with Gasteiger partial charge in [0.15, 0.2) is 0 Å². The molecule has 0 aliphatic carbocycles. The zero-order valence-electron chi connectivity index (χ0n) is 33.4. The van der Waals surface area contributed by atoms with Crippen molar-refractivity contribution < 1.29 is 33.9 Å². The summed E-state index contributed by atoms with van der Waals surface area (Å²) in [6.07, 6.45) is 4.92. The van der Waals surface area contributed by atoms with E-state index in [0.717, 1.165) is 0 Å². The molecule has 0 unspecified atom stereocenters. The number of carbonyl (C=O) groups excluding carboxylic acids is 5. The van der Waals surface area contributed by atoms with Gasteiger partial charge in [0.1, 0.15) is 23.2 Å². The van der Waals surface area contributed by atoms with Crippen LogP contribution in [0.3, 0.4) is 0 Å². The van der Waals surface area contributed by atoms with Crippen molar-refractivity contribution >= 4 is 29.7 Å². The molecule has 13 heteroatoms. The summed E-state index contributed by atoms with van der Waals surface area (Å²) in [5, 5.41) is 21.4. The molecule has 0 aromatic carbocycles. The van der Waals surface area contributed by atoms with Crippen LogP contribution in [0, 0.1) is 17.3 Å². The first kappa shape index (κ1) is 42.2. The maximum absolute atomic E-state index is 14.5. The third-order valence-electron chi connectivity index (χ3n) is 10.1. The number of hydrogen-bond donors (Lipinski definition) is 4. The fourth-order valence-electron chi connectivity index (χ4n) is 7.95. The van der Waals surface area contributed by atoms with Crippen LogP contribution in [-0.2, 0) is 23.9 Å². The number of hydroxylamine groups is 2. The Morgan fingerprint density at radius 1 is 0.961 bits per heavy atom. The van der Waals surface area contributed by atoms with Gasteiger partial charge in [0, 0.05) is 30.7 Å². The smallest absolute Gasteiger partial charge is 0.410 e. The topological polar surface area (TPSA) is 161 Å². The number of rotatable bonds is 3. The number of hydrogen-bond acceptors (Lipinski definition) is 8. The highest BCUT2D eigenvalue weighted by atomic mass is 16.6. The first-order valence-electron chi connectivity index (χ1n) is 18.6. The molecule has 2 fully saturated rings. The molecule has 1 spiro atoms.